The zero-order valence-electron chi connectivity index (χ0n) is 10.5. The SMILES string of the molecule is CNc1nc(NCC2(SC)CC2)c2ccsc2n1. The van der Waals surface area contributed by atoms with Gasteiger partial charge in [0.1, 0.15) is 10.6 Å². The molecule has 1 aliphatic carbocycles. The summed E-state index contributed by atoms with van der Waals surface area (Å²) in [7, 11) is 1.85. The molecule has 1 fully saturated rings. The van der Waals surface area contributed by atoms with Gasteiger partial charge < -0.3 is 10.6 Å². The Morgan fingerprint density at radius 1 is 1.44 bits per heavy atom. The molecular weight excluding hydrogens is 264 g/mol. The first-order valence-electron chi connectivity index (χ1n) is 5.98. The van der Waals surface area contributed by atoms with Crippen LogP contribution >= 0.6 is 23.1 Å². The van der Waals surface area contributed by atoms with E-state index in [0.29, 0.717) is 10.7 Å². The van der Waals surface area contributed by atoms with Crippen LogP contribution in [0.4, 0.5) is 11.8 Å². The first kappa shape index (κ1) is 12.0. The molecule has 0 saturated heterocycles. The molecule has 0 aliphatic heterocycles. The second kappa shape index (κ2) is 4.59. The lowest BCUT2D eigenvalue weighted by Gasteiger charge is -2.14. The topological polar surface area (TPSA) is 49.8 Å². The van der Waals surface area contributed by atoms with Gasteiger partial charge in [0.2, 0.25) is 5.95 Å². The van der Waals surface area contributed by atoms with Gasteiger partial charge in [0.05, 0.1) is 5.39 Å². The highest BCUT2D eigenvalue weighted by Gasteiger charge is 2.41. The summed E-state index contributed by atoms with van der Waals surface area (Å²) < 4.78 is 0.438. The lowest BCUT2D eigenvalue weighted by Crippen LogP contribution is -2.18. The Kier molecular flexibility index (Phi) is 3.07. The van der Waals surface area contributed by atoms with Crippen molar-refractivity contribution in [1.29, 1.82) is 0 Å². The molecule has 0 bridgehead atoms. The molecule has 0 aromatic carbocycles. The van der Waals surface area contributed by atoms with E-state index in [1.165, 1.54) is 12.8 Å². The quantitative estimate of drug-likeness (QED) is 0.881. The Balaban J connectivity index is 1.87. The van der Waals surface area contributed by atoms with Gasteiger partial charge in [-0.05, 0) is 30.5 Å². The minimum atomic E-state index is 0.438. The molecule has 0 radical (unpaired) electrons. The van der Waals surface area contributed by atoms with Gasteiger partial charge in [0.25, 0.3) is 0 Å². The molecule has 2 aromatic heterocycles. The lowest BCUT2D eigenvalue weighted by molar-refractivity contribution is 0.941. The Hall–Kier alpha value is -1.01. The number of anilines is 2. The number of nitrogens with zero attached hydrogens (tertiary/aromatic N) is 2. The van der Waals surface area contributed by atoms with Crippen molar-refractivity contribution < 1.29 is 0 Å². The third-order valence-electron chi connectivity index (χ3n) is 3.37. The molecular formula is C12H16N4S2. The molecule has 1 saturated carbocycles. The number of rotatable bonds is 5. The van der Waals surface area contributed by atoms with Crippen molar-refractivity contribution in [2.24, 2.45) is 0 Å². The summed E-state index contributed by atoms with van der Waals surface area (Å²) in [6.45, 7) is 0.985. The highest BCUT2D eigenvalue weighted by atomic mass is 32.2. The average Bonchev–Trinajstić information content (AvgIpc) is 3.04. The molecule has 6 heteroatoms. The van der Waals surface area contributed by atoms with Crippen LogP contribution in [0.5, 0.6) is 0 Å². The summed E-state index contributed by atoms with van der Waals surface area (Å²) in [5.74, 6) is 1.63. The first-order valence-corrected chi connectivity index (χ1v) is 8.09. The number of thioether (sulfide) groups is 1. The van der Waals surface area contributed by atoms with Crippen molar-refractivity contribution in [3.63, 3.8) is 0 Å². The van der Waals surface area contributed by atoms with E-state index in [1.807, 2.05) is 18.8 Å². The number of hydrogen-bond donors (Lipinski definition) is 2. The minimum Gasteiger partial charge on any atom is -0.368 e. The number of nitrogens with one attached hydrogen (secondary N) is 2. The Morgan fingerprint density at radius 2 is 2.28 bits per heavy atom. The molecule has 96 valence electrons. The Morgan fingerprint density at radius 3 is 2.94 bits per heavy atom. The Labute approximate surface area is 115 Å². The standard InChI is InChI=1S/C12H16N4S2/c1-13-11-15-9(8-3-6-18-10(8)16-11)14-7-12(17-2)4-5-12/h3,6H,4-5,7H2,1-2H3,(H2,13,14,15,16). The summed E-state index contributed by atoms with van der Waals surface area (Å²) in [5, 5.41) is 9.69. The van der Waals surface area contributed by atoms with Gasteiger partial charge in [-0.2, -0.15) is 16.7 Å². The molecule has 3 rings (SSSR count). The van der Waals surface area contributed by atoms with E-state index in [1.54, 1.807) is 11.3 Å². The van der Waals surface area contributed by atoms with Crippen molar-refractivity contribution in [2.45, 2.75) is 17.6 Å². The van der Waals surface area contributed by atoms with Gasteiger partial charge in [-0.3, -0.25) is 0 Å². The van der Waals surface area contributed by atoms with Crippen molar-refractivity contribution in [1.82, 2.24) is 9.97 Å². The van der Waals surface area contributed by atoms with Crippen LogP contribution < -0.4 is 10.6 Å². The number of hydrogen-bond acceptors (Lipinski definition) is 6. The molecule has 0 spiro atoms. The van der Waals surface area contributed by atoms with Crippen LogP contribution in [0.2, 0.25) is 0 Å². The summed E-state index contributed by atoms with van der Waals surface area (Å²) in [5.41, 5.74) is 0. The van der Waals surface area contributed by atoms with Crippen LogP contribution in [0.1, 0.15) is 12.8 Å². The predicted octanol–water partition coefficient (Wildman–Crippen LogP) is 3.04. The monoisotopic (exact) mass is 280 g/mol. The van der Waals surface area contributed by atoms with E-state index in [9.17, 15) is 0 Å². The lowest BCUT2D eigenvalue weighted by atomic mass is 10.3. The van der Waals surface area contributed by atoms with Crippen LogP contribution in [0.15, 0.2) is 11.4 Å². The zero-order chi connectivity index (χ0) is 12.6. The van der Waals surface area contributed by atoms with Gasteiger partial charge in [-0.1, -0.05) is 0 Å². The number of fused-ring (bicyclic) bond motifs is 1. The van der Waals surface area contributed by atoms with Crippen molar-refractivity contribution in [3.8, 4) is 0 Å². The Bertz CT molecular complexity index is 562. The minimum absolute atomic E-state index is 0.438. The van der Waals surface area contributed by atoms with E-state index in [-0.39, 0.29) is 0 Å². The fourth-order valence-corrected chi connectivity index (χ4v) is 3.43. The molecule has 4 nitrogen and oxygen atoms in total. The van der Waals surface area contributed by atoms with E-state index in [2.05, 4.69) is 38.3 Å². The van der Waals surface area contributed by atoms with Crippen LogP contribution in [0.3, 0.4) is 0 Å². The number of thiophene rings is 1. The van der Waals surface area contributed by atoms with Crippen LogP contribution in [-0.4, -0.2) is 34.6 Å². The molecule has 1 aliphatic rings. The molecule has 0 amide bonds. The second-order valence-electron chi connectivity index (χ2n) is 4.53. The third-order valence-corrected chi connectivity index (χ3v) is 5.59. The van der Waals surface area contributed by atoms with E-state index in [0.717, 1.165) is 22.6 Å². The molecule has 2 heterocycles. The normalized spacial score (nSPS) is 16.8. The summed E-state index contributed by atoms with van der Waals surface area (Å²) in [6, 6.07) is 2.08. The van der Waals surface area contributed by atoms with Crippen molar-refractivity contribution in [2.75, 3.05) is 30.5 Å². The van der Waals surface area contributed by atoms with Gasteiger partial charge >= 0.3 is 0 Å². The van der Waals surface area contributed by atoms with Gasteiger partial charge in [-0.15, -0.1) is 11.3 Å². The summed E-state index contributed by atoms with van der Waals surface area (Å²) in [4.78, 5) is 10.00. The molecule has 18 heavy (non-hydrogen) atoms. The van der Waals surface area contributed by atoms with Gasteiger partial charge in [0.15, 0.2) is 0 Å². The predicted molar refractivity (Wildman–Crippen MR) is 80.9 cm³/mol. The van der Waals surface area contributed by atoms with Crippen molar-refractivity contribution >= 4 is 45.1 Å². The second-order valence-corrected chi connectivity index (χ2v) is 6.69. The highest BCUT2D eigenvalue weighted by molar-refractivity contribution is 8.00. The summed E-state index contributed by atoms with van der Waals surface area (Å²) >= 11 is 3.61. The fourth-order valence-electron chi connectivity index (χ4n) is 1.94. The maximum atomic E-state index is 4.52. The van der Waals surface area contributed by atoms with Crippen LogP contribution in [0, 0.1) is 0 Å². The van der Waals surface area contributed by atoms with E-state index < -0.39 is 0 Å². The van der Waals surface area contributed by atoms with Crippen LogP contribution in [0.25, 0.3) is 10.2 Å². The average molecular weight is 280 g/mol. The molecule has 2 aromatic rings. The van der Waals surface area contributed by atoms with Gasteiger partial charge in [-0.25, -0.2) is 4.98 Å². The highest BCUT2D eigenvalue weighted by Crippen LogP contribution is 2.47. The molecule has 2 N–H and O–H groups in total. The molecule has 0 atom stereocenters. The largest absolute Gasteiger partial charge is 0.368 e. The third kappa shape index (κ3) is 2.14. The maximum Gasteiger partial charge on any atom is 0.225 e. The van der Waals surface area contributed by atoms with Gasteiger partial charge in [0, 0.05) is 18.3 Å². The van der Waals surface area contributed by atoms with E-state index in [4.69, 9.17) is 0 Å². The zero-order valence-corrected chi connectivity index (χ0v) is 12.1. The van der Waals surface area contributed by atoms with Crippen molar-refractivity contribution in [3.05, 3.63) is 11.4 Å². The smallest absolute Gasteiger partial charge is 0.225 e. The summed E-state index contributed by atoms with van der Waals surface area (Å²) in [6.07, 6.45) is 4.80. The molecule has 0 unspecified atom stereocenters. The number of aromatic nitrogens is 2. The van der Waals surface area contributed by atoms with Crippen LogP contribution in [-0.2, 0) is 0 Å². The maximum absolute atomic E-state index is 4.52. The van der Waals surface area contributed by atoms with E-state index >= 15 is 0 Å². The first-order chi connectivity index (χ1) is 8.76. The fraction of sp³-hybridized carbons (Fsp3) is 0.500.